The van der Waals surface area contributed by atoms with Crippen LogP contribution in [-0.4, -0.2) is 17.0 Å². The van der Waals surface area contributed by atoms with Crippen molar-refractivity contribution < 1.29 is 13.2 Å². The van der Waals surface area contributed by atoms with Crippen LogP contribution >= 0.6 is 0 Å². The molecule has 0 amide bonds. The van der Waals surface area contributed by atoms with E-state index >= 15 is 0 Å². The van der Waals surface area contributed by atoms with E-state index in [2.05, 4.69) is 20.6 Å². The number of anilines is 3. The molecule has 0 aliphatic rings. The molecule has 0 fully saturated rings. The van der Waals surface area contributed by atoms with Crippen molar-refractivity contribution in [3.8, 4) is 0 Å². The Labute approximate surface area is 114 Å². The molecule has 2 N–H and O–H groups in total. The van der Waals surface area contributed by atoms with Gasteiger partial charge in [-0.3, -0.25) is 0 Å². The van der Waals surface area contributed by atoms with E-state index in [-0.39, 0.29) is 0 Å². The van der Waals surface area contributed by atoms with Gasteiger partial charge in [0.05, 0.1) is 5.56 Å². The van der Waals surface area contributed by atoms with Crippen LogP contribution in [-0.2, 0) is 6.18 Å². The van der Waals surface area contributed by atoms with Gasteiger partial charge in [-0.2, -0.15) is 18.2 Å². The lowest BCUT2D eigenvalue weighted by Crippen LogP contribution is -2.06. The van der Waals surface area contributed by atoms with Crippen LogP contribution in [0.5, 0.6) is 0 Å². The van der Waals surface area contributed by atoms with Crippen LogP contribution < -0.4 is 10.6 Å². The summed E-state index contributed by atoms with van der Waals surface area (Å²) in [6.45, 7) is 1.77. The maximum Gasteiger partial charge on any atom is 0.416 e. The van der Waals surface area contributed by atoms with Crippen molar-refractivity contribution in [1.82, 2.24) is 9.97 Å². The Morgan fingerprint density at radius 1 is 1.20 bits per heavy atom. The molecular formula is C13H13F3N4. The third kappa shape index (κ3) is 3.17. The second-order valence-electron chi connectivity index (χ2n) is 4.18. The van der Waals surface area contributed by atoms with Gasteiger partial charge in [0.1, 0.15) is 5.82 Å². The SMILES string of the molecule is CNc1ncc(C)c(Nc2cccc(C(F)(F)F)c2)n1. The fourth-order valence-corrected chi connectivity index (χ4v) is 1.60. The highest BCUT2D eigenvalue weighted by atomic mass is 19.4. The number of aromatic nitrogens is 2. The Kier molecular flexibility index (Phi) is 3.78. The number of nitrogens with zero attached hydrogens (tertiary/aromatic N) is 2. The Morgan fingerprint density at radius 3 is 2.60 bits per heavy atom. The minimum absolute atomic E-state index is 0.323. The number of hydrogen-bond acceptors (Lipinski definition) is 4. The van der Waals surface area contributed by atoms with Gasteiger partial charge in [-0.25, -0.2) is 4.98 Å². The van der Waals surface area contributed by atoms with Crippen LogP contribution in [0.2, 0.25) is 0 Å². The summed E-state index contributed by atoms with van der Waals surface area (Å²) in [7, 11) is 1.67. The summed E-state index contributed by atoms with van der Waals surface area (Å²) in [6, 6.07) is 4.97. The lowest BCUT2D eigenvalue weighted by Gasteiger charge is -2.12. The first kappa shape index (κ1) is 14.1. The molecular weight excluding hydrogens is 269 g/mol. The summed E-state index contributed by atoms with van der Waals surface area (Å²) >= 11 is 0. The van der Waals surface area contributed by atoms with Crippen LogP contribution in [0.15, 0.2) is 30.5 Å². The zero-order chi connectivity index (χ0) is 14.8. The van der Waals surface area contributed by atoms with Crippen LogP contribution in [0.4, 0.5) is 30.6 Å². The number of nitrogens with one attached hydrogen (secondary N) is 2. The fourth-order valence-electron chi connectivity index (χ4n) is 1.60. The van der Waals surface area contributed by atoms with Crippen molar-refractivity contribution in [2.45, 2.75) is 13.1 Å². The largest absolute Gasteiger partial charge is 0.416 e. The van der Waals surface area contributed by atoms with Gasteiger partial charge in [0.25, 0.3) is 0 Å². The van der Waals surface area contributed by atoms with E-state index in [0.29, 0.717) is 17.5 Å². The average molecular weight is 282 g/mol. The highest BCUT2D eigenvalue weighted by Crippen LogP contribution is 2.31. The van der Waals surface area contributed by atoms with Gasteiger partial charge in [0.15, 0.2) is 0 Å². The Balaban J connectivity index is 2.30. The molecule has 0 spiro atoms. The molecule has 0 saturated heterocycles. The fraction of sp³-hybridized carbons (Fsp3) is 0.231. The second kappa shape index (κ2) is 5.36. The molecule has 0 aliphatic carbocycles. The Hall–Kier alpha value is -2.31. The lowest BCUT2D eigenvalue weighted by atomic mass is 10.2. The number of hydrogen-bond donors (Lipinski definition) is 2. The standard InChI is InChI=1S/C13H13F3N4/c1-8-7-18-12(17-2)20-11(8)19-10-5-3-4-9(6-10)13(14,15)16/h3-7H,1-2H3,(H2,17,18,19,20). The van der Waals surface area contributed by atoms with Crippen molar-refractivity contribution in [2.24, 2.45) is 0 Å². The third-order valence-corrected chi connectivity index (χ3v) is 2.65. The molecule has 4 nitrogen and oxygen atoms in total. The van der Waals surface area contributed by atoms with Gasteiger partial charge in [-0.05, 0) is 25.1 Å². The summed E-state index contributed by atoms with van der Waals surface area (Å²) in [4.78, 5) is 8.18. The van der Waals surface area contributed by atoms with Crippen LogP contribution in [0.1, 0.15) is 11.1 Å². The van der Waals surface area contributed by atoms with Gasteiger partial charge in [-0.15, -0.1) is 0 Å². The molecule has 1 heterocycles. The number of rotatable bonds is 3. The van der Waals surface area contributed by atoms with E-state index < -0.39 is 11.7 Å². The van der Waals surface area contributed by atoms with Crippen LogP contribution in [0.3, 0.4) is 0 Å². The first-order chi connectivity index (χ1) is 9.40. The average Bonchev–Trinajstić information content (AvgIpc) is 2.41. The zero-order valence-electron chi connectivity index (χ0n) is 10.9. The van der Waals surface area contributed by atoms with Gasteiger partial charge in [-0.1, -0.05) is 6.07 Å². The molecule has 106 valence electrons. The van der Waals surface area contributed by atoms with Crippen molar-refractivity contribution in [1.29, 1.82) is 0 Å². The minimum Gasteiger partial charge on any atom is -0.357 e. The molecule has 0 unspecified atom stereocenters. The molecule has 0 aliphatic heterocycles. The predicted octanol–water partition coefficient (Wildman–Crippen LogP) is 3.59. The zero-order valence-corrected chi connectivity index (χ0v) is 10.9. The monoisotopic (exact) mass is 282 g/mol. The molecule has 0 bridgehead atoms. The van der Waals surface area contributed by atoms with Gasteiger partial charge in [0, 0.05) is 24.5 Å². The molecule has 7 heteroatoms. The van der Waals surface area contributed by atoms with E-state index in [1.807, 2.05) is 0 Å². The maximum absolute atomic E-state index is 12.6. The quantitative estimate of drug-likeness (QED) is 0.903. The first-order valence-corrected chi connectivity index (χ1v) is 5.86. The Bertz CT molecular complexity index is 611. The smallest absolute Gasteiger partial charge is 0.357 e. The number of alkyl halides is 3. The van der Waals surface area contributed by atoms with Crippen molar-refractivity contribution >= 4 is 17.5 Å². The minimum atomic E-state index is -4.37. The molecule has 2 aromatic rings. The van der Waals surface area contributed by atoms with E-state index in [4.69, 9.17) is 0 Å². The normalized spacial score (nSPS) is 11.2. The number of halogens is 3. The van der Waals surface area contributed by atoms with Gasteiger partial charge >= 0.3 is 6.18 Å². The van der Waals surface area contributed by atoms with E-state index in [1.54, 1.807) is 26.2 Å². The third-order valence-electron chi connectivity index (χ3n) is 2.65. The molecule has 1 aromatic heterocycles. The van der Waals surface area contributed by atoms with Crippen LogP contribution in [0, 0.1) is 6.92 Å². The van der Waals surface area contributed by atoms with Gasteiger partial charge < -0.3 is 10.6 Å². The lowest BCUT2D eigenvalue weighted by molar-refractivity contribution is -0.137. The number of benzene rings is 1. The second-order valence-corrected chi connectivity index (χ2v) is 4.18. The molecule has 1 aromatic carbocycles. The van der Waals surface area contributed by atoms with E-state index in [9.17, 15) is 13.2 Å². The number of aryl methyl sites for hydroxylation is 1. The Morgan fingerprint density at radius 2 is 1.95 bits per heavy atom. The summed E-state index contributed by atoms with van der Waals surface area (Å²) in [6.07, 6.45) is -2.77. The van der Waals surface area contributed by atoms with Gasteiger partial charge in [0.2, 0.25) is 5.95 Å². The summed E-state index contributed by atoms with van der Waals surface area (Å²) < 4.78 is 37.9. The summed E-state index contributed by atoms with van der Waals surface area (Å²) in [5.41, 5.74) is 0.355. The topological polar surface area (TPSA) is 49.8 Å². The molecule has 2 rings (SSSR count). The maximum atomic E-state index is 12.6. The van der Waals surface area contributed by atoms with E-state index in [1.165, 1.54) is 6.07 Å². The van der Waals surface area contributed by atoms with Crippen molar-refractivity contribution in [3.63, 3.8) is 0 Å². The first-order valence-electron chi connectivity index (χ1n) is 5.86. The van der Waals surface area contributed by atoms with E-state index in [0.717, 1.165) is 17.7 Å². The van der Waals surface area contributed by atoms with Crippen molar-refractivity contribution in [2.75, 3.05) is 17.7 Å². The molecule has 20 heavy (non-hydrogen) atoms. The summed E-state index contributed by atoms with van der Waals surface area (Å²) in [5.74, 6) is 0.855. The van der Waals surface area contributed by atoms with Crippen molar-refractivity contribution in [3.05, 3.63) is 41.6 Å². The predicted molar refractivity (Wildman–Crippen MR) is 71.0 cm³/mol. The molecule has 0 saturated carbocycles. The highest BCUT2D eigenvalue weighted by molar-refractivity contribution is 5.60. The summed E-state index contributed by atoms with van der Waals surface area (Å²) in [5, 5.41) is 5.64. The van der Waals surface area contributed by atoms with Crippen LogP contribution in [0.25, 0.3) is 0 Å². The molecule has 0 atom stereocenters. The highest BCUT2D eigenvalue weighted by Gasteiger charge is 2.30. The molecule has 0 radical (unpaired) electrons.